The second-order valence-electron chi connectivity index (χ2n) is 6.11. The van der Waals surface area contributed by atoms with E-state index in [0.29, 0.717) is 0 Å². The molecule has 1 aliphatic carbocycles. The molecule has 0 bridgehead atoms. The minimum Gasteiger partial charge on any atom is -0.383 e. The molecule has 0 aromatic heterocycles. The van der Waals surface area contributed by atoms with Crippen molar-refractivity contribution in [2.24, 2.45) is 5.41 Å². The summed E-state index contributed by atoms with van der Waals surface area (Å²) in [4.78, 5) is 21.0. The van der Waals surface area contributed by atoms with Gasteiger partial charge in [0.25, 0.3) is 5.69 Å². The molecule has 1 aromatic rings. The number of benzene rings is 1. The van der Waals surface area contributed by atoms with Crippen molar-refractivity contribution >= 4 is 5.69 Å². The summed E-state index contributed by atoms with van der Waals surface area (Å²) in [6.45, 7) is 1.30. The van der Waals surface area contributed by atoms with Gasteiger partial charge in [0.2, 0.25) is 6.04 Å². The van der Waals surface area contributed by atoms with Crippen LogP contribution in [-0.4, -0.2) is 26.6 Å². The van der Waals surface area contributed by atoms with E-state index in [0.717, 1.165) is 12.1 Å². The molecule has 0 saturated heterocycles. The van der Waals surface area contributed by atoms with Gasteiger partial charge in [0, 0.05) is 17.1 Å². The standard InChI is InChI=1S/C15H14N4O5/c1-14(20)6-7-15(8-16,9-17)12(13(14)19(23)24)10-2-4-11(5-3-10)18(21)22/h2-5,12-13,20H,6-7H2,1H3/t12-,13-,14+/m0/s1. The van der Waals surface area contributed by atoms with Crippen LogP contribution in [0.15, 0.2) is 24.3 Å². The van der Waals surface area contributed by atoms with Crippen LogP contribution in [0.1, 0.15) is 31.2 Å². The summed E-state index contributed by atoms with van der Waals surface area (Å²) in [6.07, 6.45) is -0.0950. The molecule has 2 rings (SSSR count). The molecule has 0 amide bonds. The first-order valence-corrected chi connectivity index (χ1v) is 7.11. The lowest BCUT2D eigenvalue weighted by molar-refractivity contribution is -0.555. The van der Waals surface area contributed by atoms with Crippen LogP contribution < -0.4 is 0 Å². The Balaban J connectivity index is 2.64. The highest BCUT2D eigenvalue weighted by molar-refractivity contribution is 5.40. The van der Waals surface area contributed by atoms with Crippen LogP contribution in [0.2, 0.25) is 0 Å². The Kier molecular flexibility index (Phi) is 4.24. The molecule has 1 aromatic carbocycles. The van der Waals surface area contributed by atoms with E-state index in [9.17, 15) is 35.9 Å². The van der Waals surface area contributed by atoms with Crippen molar-refractivity contribution in [2.45, 2.75) is 37.3 Å². The first-order chi connectivity index (χ1) is 11.2. The number of non-ortho nitro benzene ring substituents is 1. The zero-order valence-corrected chi connectivity index (χ0v) is 12.7. The zero-order valence-electron chi connectivity index (χ0n) is 12.7. The lowest BCUT2D eigenvalue weighted by atomic mass is 9.59. The molecule has 124 valence electrons. The van der Waals surface area contributed by atoms with Crippen molar-refractivity contribution in [3.63, 3.8) is 0 Å². The molecule has 1 aliphatic rings. The van der Waals surface area contributed by atoms with Crippen molar-refractivity contribution in [1.29, 1.82) is 10.5 Å². The predicted molar refractivity (Wildman–Crippen MR) is 80.1 cm³/mol. The first-order valence-electron chi connectivity index (χ1n) is 7.11. The third kappa shape index (κ3) is 2.66. The van der Waals surface area contributed by atoms with E-state index in [2.05, 4.69) is 0 Å². The molecule has 0 spiro atoms. The quantitative estimate of drug-likeness (QED) is 0.655. The fourth-order valence-corrected chi connectivity index (χ4v) is 3.28. The predicted octanol–water partition coefficient (Wildman–Crippen LogP) is 1.90. The van der Waals surface area contributed by atoms with Crippen LogP contribution in [-0.2, 0) is 0 Å². The Labute approximate surface area is 137 Å². The fraction of sp³-hybridized carbons (Fsp3) is 0.467. The Bertz CT molecular complexity index is 746. The number of nitrogens with zero attached hydrogens (tertiary/aromatic N) is 4. The smallest absolute Gasteiger partial charge is 0.269 e. The molecule has 9 nitrogen and oxygen atoms in total. The van der Waals surface area contributed by atoms with Crippen LogP contribution in [0.5, 0.6) is 0 Å². The highest BCUT2D eigenvalue weighted by atomic mass is 16.6. The lowest BCUT2D eigenvalue weighted by Gasteiger charge is -2.42. The Morgan fingerprint density at radius 3 is 2.12 bits per heavy atom. The Hall–Kier alpha value is -3.04. The minimum absolute atomic E-state index is 0.0288. The van der Waals surface area contributed by atoms with Gasteiger partial charge in [-0.1, -0.05) is 12.1 Å². The van der Waals surface area contributed by atoms with E-state index in [1.54, 1.807) is 0 Å². The summed E-state index contributed by atoms with van der Waals surface area (Å²) in [5, 5.41) is 51.8. The zero-order chi connectivity index (χ0) is 18.1. The third-order valence-electron chi connectivity index (χ3n) is 4.60. The summed E-state index contributed by atoms with van der Waals surface area (Å²) in [5.41, 5.74) is -3.35. The number of nitro benzene ring substituents is 1. The number of nitro groups is 2. The van der Waals surface area contributed by atoms with Crippen LogP contribution in [0, 0.1) is 48.3 Å². The molecule has 1 fully saturated rings. The lowest BCUT2D eigenvalue weighted by Crippen LogP contribution is -2.56. The summed E-state index contributed by atoms with van der Waals surface area (Å²) in [7, 11) is 0. The van der Waals surface area contributed by atoms with Crippen molar-refractivity contribution < 1.29 is 15.0 Å². The molecule has 0 unspecified atom stereocenters. The number of nitriles is 2. The maximum atomic E-state index is 11.6. The maximum absolute atomic E-state index is 11.6. The molecule has 9 heteroatoms. The number of rotatable bonds is 3. The van der Waals surface area contributed by atoms with E-state index >= 15 is 0 Å². The molecule has 0 radical (unpaired) electrons. The van der Waals surface area contributed by atoms with Gasteiger partial charge in [-0.15, -0.1) is 0 Å². The van der Waals surface area contributed by atoms with Crippen LogP contribution >= 0.6 is 0 Å². The van der Waals surface area contributed by atoms with E-state index in [-0.39, 0.29) is 24.1 Å². The Morgan fingerprint density at radius 2 is 1.71 bits per heavy atom. The molecule has 24 heavy (non-hydrogen) atoms. The number of hydrogen-bond donors (Lipinski definition) is 1. The molecular weight excluding hydrogens is 316 g/mol. The summed E-state index contributed by atoms with van der Waals surface area (Å²) >= 11 is 0. The number of aliphatic hydroxyl groups is 1. The number of hydrogen-bond acceptors (Lipinski definition) is 7. The van der Waals surface area contributed by atoms with E-state index in [1.165, 1.54) is 19.1 Å². The normalized spacial score (nSPS) is 28.3. The van der Waals surface area contributed by atoms with Crippen molar-refractivity contribution in [1.82, 2.24) is 0 Å². The molecular formula is C15H14N4O5. The fourth-order valence-electron chi connectivity index (χ4n) is 3.28. The van der Waals surface area contributed by atoms with Gasteiger partial charge < -0.3 is 5.11 Å². The molecule has 3 atom stereocenters. The second-order valence-corrected chi connectivity index (χ2v) is 6.11. The van der Waals surface area contributed by atoms with Gasteiger partial charge in [0.1, 0.15) is 5.60 Å². The van der Waals surface area contributed by atoms with E-state index < -0.39 is 32.8 Å². The van der Waals surface area contributed by atoms with Gasteiger partial charge in [-0.05, 0) is 25.3 Å². The van der Waals surface area contributed by atoms with Gasteiger partial charge in [-0.3, -0.25) is 20.2 Å². The average Bonchev–Trinajstić information content (AvgIpc) is 2.54. The van der Waals surface area contributed by atoms with Crippen molar-refractivity contribution in [2.75, 3.05) is 0 Å². The van der Waals surface area contributed by atoms with Gasteiger partial charge in [0.05, 0.1) is 23.0 Å². The molecule has 0 aliphatic heterocycles. The molecule has 1 N–H and O–H groups in total. The summed E-state index contributed by atoms with van der Waals surface area (Å²) in [6, 6.07) is 7.07. The van der Waals surface area contributed by atoms with Crippen molar-refractivity contribution in [3.8, 4) is 12.1 Å². The second kappa shape index (κ2) is 5.87. The van der Waals surface area contributed by atoms with Crippen LogP contribution in [0.25, 0.3) is 0 Å². The summed E-state index contributed by atoms with van der Waals surface area (Å²) in [5.74, 6) is -1.20. The molecule has 0 heterocycles. The average molecular weight is 330 g/mol. The first kappa shape index (κ1) is 17.3. The van der Waals surface area contributed by atoms with Gasteiger partial charge >= 0.3 is 0 Å². The summed E-state index contributed by atoms with van der Waals surface area (Å²) < 4.78 is 0. The van der Waals surface area contributed by atoms with E-state index in [4.69, 9.17) is 0 Å². The Morgan fingerprint density at radius 1 is 1.17 bits per heavy atom. The topological polar surface area (TPSA) is 154 Å². The highest BCUT2D eigenvalue weighted by Crippen LogP contribution is 2.51. The SMILES string of the molecule is C[C@@]1(O)CCC(C#N)(C#N)[C@@H](c2ccc([N+](=O)[O-])cc2)[C@@H]1[N+](=O)[O-]. The largest absolute Gasteiger partial charge is 0.383 e. The highest BCUT2D eigenvalue weighted by Gasteiger charge is 2.61. The van der Waals surface area contributed by atoms with Gasteiger partial charge in [-0.2, -0.15) is 10.5 Å². The van der Waals surface area contributed by atoms with Crippen LogP contribution in [0.3, 0.4) is 0 Å². The van der Waals surface area contributed by atoms with E-state index in [1.807, 2.05) is 12.1 Å². The van der Waals surface area contributed by atoms with Crippen molar-refractivity contribution in [3.05, 3.63) is 50.1 Å². The van der Waals surface area contributed by atoms with Gasteiger partial charge in [-0.25, -0.2) is 0 Å². The third-order valence-corrected chi connectivity index (χ3v) is 4.60. The minimum atomic E-state index is -1.70. The van der Waals surface area contributed by atoms with Crippen LogP contribution in [0.4, 0.5) is 5.69 Å². The monoisotopic (exact) mass is 330 g/mol. The molecule has 1 saturated carbocycles. The van der Waals surface area contributed by atoms with Gasteiger partial charge in [0.15, 0.2) is 5.41 Å². The maximum Gasteiger partial charge on any atom is 0.269 e.